The average Bonchev–Trinajstić information content (AvgIpc) is 3.88. The fourth-order valence-electron chi connectivity index (χ4n) is 7.20. The molecule has 10 heteroatoms. The van der Waals surface area contributed by atoms with Crippen molar-refractivity contribution >= 4 is 22.8 Å². The van der Waals surface area contributed by atoms with Crippen molar-refractivity contribution in [1.82, 2.24) is 30.2 Å². The second-order valence-electron chi connectivity index (χ2n) is 11.7. The number of amides is 2. The highest BCUT2D eigenvalue weighted by Gasteiger charge is 2.41. The van der Waals surface area contributed by atoms with E-state index in [4.69, 9.17) is 4.74 Å². The number of carbonyl (C=O) groups excluding carboxylic acids is 2. The van der Waals surface area contributed by atoms with Crippen LogP contribution in [-0.4, -0.2) is 57.0 Å². The lowest BCUT2D eigenvalue weighted by molar-refractivity contribution is -0.131. The van der Waals surface area contributed by atoms with Crippen molar-refractivity contribution in [3.05, 3.63) is 84.2 Å². The maximum absolute atomic E-state index is 12.9. The molecule has 7 rings (SSSR count). The third-order valence-electron chi connectivity index (χ3n) is 9.56. The Morgan fingerprint density at radius 1 is 1.04 bits per heavy atom. The third kappa shape index (κ3) is 4.81. The number of nitrogens with one attached hydrogen (secondary N) is 3. The van der Waals surface area contributed by atoms with Gasteiger partial charge in [-0.3, -0.25) is 4.79 Å². The van der Waals surface area contributed by atoms with Gasteiger partial charge >= 0.3 is 6.09 Å². The van der Waals surface area contributed by atoms with Crippen LogP contribution >= 0.6 is 0 Å². The molecule has 230 valence electrons. The highest BCUT2D eigenvalue weighted by molar-refractivity contribution is 5.93. The van der Waals surface area contributed by atoms with E-state index in [-0.39, 0.29) is 23.9 Å². The van der Waals surface area contributed by atoms with E-state index < -0.39 is 6.09 Å². The Balaban J connectivity index is 1.20. The second kappa shape index (κ2) is 11.4. The number of ether oxygens (including phenoxy) is 2. The molecule has 0 saturated carbocycles. The number of hydrogen-bond acceptors (Lipinski definition) is 6. The van der Waals surface area contributed by atoms with Gasteiger partial charge in [-0.15, -0.1) is 0 Å². The first-order valence-electron chi connectivity index (χ1n) is 15.5. The average molecular weight is 605 g/mol. The molecule has 0 spiro atoms. The number of methoxy groups -OCH3 is 1. The fourth-order valence-corrected chi connectivity index (χ4v) is 7.20. The number of imidazole rings is 2. The van der Waals surface area contributed by atoms with Crippen molar-refractivity contribution in [3.63, 3.8) is 0 Å². The van der Waals surface area contributed by atoms with E-state index in [9.17, 15) is 9.59 Å². The summed E-state index contributed by atoms with van der Waals surface area (Å²) in [5.74, 6) is 2.30. The molecular formula is C35H36N6O4. The van der Waals surface area contributed by atoms with Crippen LogP contribution in [0.4, 0.5) is 4.79 Å². The number of alkyl carbamates (subject to hydrolysis) is 1. The topological polar surface area (TPSA) is 125 Å². The first-order valence-corrected chi connectivity index (χ1v) is 15.5. The second-order valence-corrected chi connectivity index (χ2v) is 11.7. The Kier molecular flexibility index (Phi) is 7.27. The van der Waals surface area contributed by atoms with Gasteiger partial charge in [0.15, 0.2) is 0 Å². The van der Waals surface area contributed by atoms with Gasteiger partial charge in [-0.05, 0) is 54.7 Å². The Morgan fingerprint density at radius 2 is 1.87 bits per heavy atom. The molecule has 2 aliphatic rings. The minimum absolute atomic E-state index is 0.113. The number of nitrogens with zero attached hydrogens (tertiary/aromatic N) is 3. The van der Waals surface area contributed by atoms with E-state index in [1.807, 2.05) is 12.4 Å². The van der Waals surface area contributed by atoms with E-state index in [1.165, 1.54) is 29.0 Å². The predicted molar refractivity (Wildman–Crippen MR) is 171 cm³/mol. The van der Waals surface area contributed by atoms with Crippen molar-refractivity contribution in [2.75, 3.05) is 20.2 Å². The molecule has 10 nitrogen and oxygen atoms in total. The Hall–Kier alpha value is -5.12. The van der Waals surface area contributed by atoms with Crippen LogP contribution in [0.5, 0.6) is 11.5 Å². The van der Waals surface area contributed by atoms with Crippen molar-refractivity contribution in [2.24, 2.45) is 0 Å². The minimum atomic E-state index is -0.626. The Bertz CT molecular complexity index is 1890. The van der Waals surface area contributed by atoms with Crippen molar-refractivity contribution < 1.29 is 19.1 Å². The van der Waals surface area contributed by atoms with Crippen molar-refractivity contribution in [1.29, 1.82) is 0 Å². The van der Waals surface area contributed by atoms with Gasteiger partial charge in [-0.25, -0.2) is 14.8 Å². The molecule has 1 fully saturated rings. The summed E-state index contributed by atoms with van der Waals surface area (Å²) in [6.07, 6.45) is 8.26. The Morgan fingerprint density at radius 3 is 2.64 bits per heavy atom. The molecule has 1 saturated heterocycles. The van der Waals surface area contributed by atoms with E-state index in [2.05, 4.69) is 92.4 Å². The first kappa shape index (κ1) is 28.6. The number of aromatic nitrogens is 4. The van der Waals surface area contributed by atoms with E-state index >= 15 is 0 Å². The van der Waals surface area contributed by atoms with Gasteiger partial charge in [0.05, 0.1) is 43.3 Å². The number of H-pyrrole nitrogens is 2. The van der Waals surface area contributed by atoms with Crippen LogP contribution < -0.4 is 10.1 Å². The van der Waals surface area contributed by atoms with Crippen molar-refractivity contribution in [3.8, 4) is 34.0 Å². The number of benzene rings is 3. The molecule has 3 N–H and O–H groups in total. The summed E-state index contributed by atoms with van der Waals surface area (Å²) in [5, 5.41) is 4.85. The van der Waals surface area contributed by atoms with Gasteiger partial charge in [-0.1, -0.05) is 44.2 Å². The van der Waals surface area contributed by atoms with Gasteiger partial charge in [0, 0.05) is 34.2 Å². The number of hydrogen-bond donors (Lipinski definition) is 3. The highest BCUT2D eigenvalue weighted by Crippen LogP contribution is 2.54. The zero-order chi connectivity index (χ0) is 31.1. The van der Waals surface area contributed by atoms with E-state index in [0.717, 1.165) is 65.5 Å². The van der Waals surface area contributed by atoms with Gasteiger partial charge in [0.25, 0.3) is 0 Å². The van der Waals surface area contributed by atoms with Gasteiger partial charge < -0.3 is 29.7 Å². The summed E-state index contributed by atoms with van der Waals surface area (Å²) in [6.45, 7) is 5.01. The van der Waals surface area contributed by atoms with Crippen LogP contribution in [0.1, 0.15) is 62.5 Å². The molecule has 0 bridgehead atoms. The molecule has 0 aliphatic carbocycles. The van der Waals surface area contributed by atoms with Crippen molar-refractivity contribution in [2.45, 2.75) is 51.0 Å². The van der Waals surface area contributed by atoms with Crippen LogP contribution in [0.15, 0.2) is 67.3 Å². The molecule has 1 atom stereocenters. The molecule has 2 aliphatic heterocycles. The summed E-state index contributed by atoms with van der Waals surface area (Å²) in [4.78, 5) is 41.6. The summed E-state index contributed by atoms with van der Waals surface area (Å²) in [5.41, 5.74) is 6.12. The lowest BCUT2D eigenvalue weighted by Crippen LogP contribution is -2.40. The van der Waals surface area contributed by atoms with Crippen LogP contribution in [0.25, 0.3) is 33.3 Å². The molecular weight excluding hydrogens is 568 g/mol. The smallest absolute Gasteiger partial charge is 0.407 e. The molecule has 0 unspecified atom stereocenters. The fraction of sp³-hybridized carbons (Fsp3) is 0.314. The molecule has 2 aromatic heterocycles. The van der Waals surface area contributed by atoms with E-state index in [0.29, 0.717) is 6.54 Å². The number of carbonyl (C=O) groups is 2. The number of likely N-dealkylation sites (tertiary alicyclic amines) is 1. The normalized spacial score (nSPS) is 16.6. The van der Waals surface area contributed by atoms with Crippen LogP contribution in [0.2, 0.25) is 0 Å². The molecule has 2 amide bonds. The summed E-state index contributed by atoms with van der Waals surface area (Å²) < 4.78 is 11.3. The monoisotopic (exact) mass is 604 g/mol. The lowest BCUT2D eigenvalue weighted by Gasteiger charge is -2.40. The summed E-state index contributed by atoms with van der Waals surface area (Å²) in [6, 6.07) is 17.0. The number of aromatic amines is 2. The van der Waals surface area contributed by atoms with Crippen LogP contribution in [-0.2, 0) is 14.9 Å². The zero-order valence-electron chi connectivity index (χ0n) is 25.6. The Labute approximate surface area is 261 Å². The summed E-state index contributed by atoms with van der Waals surface area (Å²) in [7, 11) is 1.28. The van der Waals surface area contributed by atoms with Crippen LogP contribution in [0, 0.1) is 0 Å². The maximum Gasteiger partial charge on any atom is 0.407 e. The maximum atomic E-state index is 12.9. The van der Waals surface area contributed by atoms with Gasteiger partial charge in [0.2, 0.25) is 5.91 Å². The number of fused-ring (bicyclic) bond motifs is 4. The largest absolute Gasteiger partial charge is 0.457 e. The number of rotatable bonds is 7. The zero-order valence-corrected chi connectivity index (χ0v) is 25.6. The molecule has 3 aromatic carbocycles. The summed E-state index contributed by atoms with van der Waals surface area (Å²) >= 11 is 0. The molecule has 45 heavy (non-hydrogen) atoms. The van der Waals surface area contributed by atoms with Gasteiger partial charge in [-0.2, -0.15) is 0 Å². The minimum Gasteiger partial charge on any atom is -0.457 e. The van der Waals surface area contributed by atoms with E-state index in [1.54, 1.807) is 11.2 Å². The molecule has 5 aromatic rings. The third-order valence-corrected chi connectivity index (χ3v) is 9.56. The quantitative estimate of drug-likeness (QED) is 0.187. The molecule has 0 radical (unpaired) electrons. The molecule has 4 heterocycles. The van der Waals surface area contributed by atoms with Crippen LogP contribution in [0.3, 0.4) is 0 Å². The highest BCUT2D eigenvalue weighted by atomic mass is 16.5. The van der Waals surface area contributed by atoms with Gasteiger partial charge in [0.1, 0.15) is 23.9 Å². The SMILES string of the molecule is CCC1(CC)c2ccc(-c3cnc([C@H]4CCCN4C(=O)CNC(=O)OC)[nH]3)cc2Oc2ccc3cc(-c4cnc[nH]4)ccc3c21. The first-order chi connectivity index (χ1) is 22.0. The standard InChI is InChI=1S/C35H36N6O4/c1-4-35(5-2)25-12-9-23(27-18-37-33(40-27)28-7-6-14-41(28)31(42)19-38-34(43)44-3)16-30(25)45-29-13-10-21-15-22(26-17-36-20-39-26)8-11-24(21)32(29)35/h8-13,15-18,20,28H,4-7,14,19H2,1-3H3,(H,36,39)(H,37,40)(H,38,43)/t28-/m1/s1. The predicted octanol–water partition coefficient (Wildman–Crippen LogP) is 6.85. The lowest BCUT2D eigenvalue weighted by atomic mass is 9.67.